The van der Waals surface area contributed by atoms with Gasteiger partial charge in [0, 0.05) is 23.2 Å². The fourth-order valence-electron chi connectivity index (χ4n) is 3.01. The van der Waals surface area contributed by atoms with Gasteiger partial charge in [-0.3, -0.25) is 4.79 Å². The lowest BCUT2D eigenvalue weighted by atomic mass is 9.99. The Bertz CT molecular complexity index is 643. The fraction of sp³-hybridized carbons (Fsp3) is 0.500. The van der Waals surface area contributed by atoms with E-state index in [1.165, 1.54) is 0 Å². The molecule has 1 fully saturated rings. The standard InChI is InChI=1S/C14H18BrNO4S/c1-3-20-13(17)14(8-16)11(12(14)21(2,18)19)9-4-6-10(15)7-5-9/h4-7,11-12H,3,8,16H2,1-2H3/t11-,12+,14-/m1/s1. The third kappa shape index (κ3) is 2.74. The molecular formula is C14H18BrNO4S. The average Bonchev–Trinajstić information content (AvgIpc) is 3.10. The second-order valence-electron chi connectivity index (χ2n) is 5.24. The maximum Gasteiger partial charge on any atom is 0.315 e. The monoisotopic (exact) mass is 375 g/mol. The maximum atomic E-state index is 12.3. The molecule has 0 bridgehead atoms. The Morgan fingerprint density at radius 3 is 2.38 bits per heavy atom. The van der Waals surface area contributed by atoms with E-state index in [1.807, 2.05) is 24.3 Å². The number of carbonyl (C=O) groups excluding carboxylic acids is 1. The van der Waals surface area contributed by atoms with E-state index in [0.717, 1.165) is 16.3 Å². The number of nitrogens with two attached hydrogens (primary N) is 1. The first-order valence-corrected chi connectivity index (χ1v) is 9.35. The quantitative estimate of drug-likeness (QED) is 0.787. The lowest BCUT2D eigenvalue weighted by Crippen LogP contribution is -2.33. The van der Waals surface area contributed by atoms with Crippen molar-refractivity contribution in [2.24, 2.45) is 11.1 Å². The minimum atomic E-state index is -3.41. The molecule has 0 heterocycles. The van der Waals surface area contributed by atoms with Crippen LogP contribution < -0.4 is 5.73 Å². The van der Waals surface area contributed by atoms with Gasteiger partial charge in [0.25, 0.3) is 0 Å². The Labute approximate surface area is 132 Å². The fourth-order valence-corrected chi connectivity index (χ4v) is 5.19. The largest absolute Gasteiger partial charge is 0.465 e. The molecule has 0 aliphatic heterocycles. The number of esters is 1. The van der Waals surface area contributed by atoms with E-state index >= 15 is 0 Å². The van der Waals surface area contributed by atoms with E-state index in [2.05, 4.69) is 15.9 Å². The molecule has 0 spiro atoms. The van der Waals surface area contributed by atoms with Crippen LogP contribution in [0.2, 0.25) is 0 Å². The van der Waals surface area contributed by atoms with Gasteiger partial charge in [-0.1, -0.05) is 28.1 Å². The van der Waals surface area contributed by atoms with Gasteiger partial charge in [0.15, 0.2) is 9.84 Å². The summed E-state index contributed by atoms with van der Waals surface area (Å²) in [7, 11) is -3.41. The first-order valence-electron chi connectivity index (χ1n) is 6.60. The van der Waals surface area contributed by atoms with Crippen molar-refractivity contribution in [3.05, 3.63) is 34.3 Å². The van der Waals surface area contributed by atoms with Crippen molar-refractivity contribution in [3.63, 3.8) is 0 Å². The smallest absolute Gasteiger partial charge is 0.315 e. The van der Waals surface area contributed by atoms with E-state index in [9.17, 15) is 13.2 Å². The predicted octanol–water partition coefficient (Wildman–Crippen LogP) is 1.47. The van der Waals surface area contributed by atoms with Gasteiger partial charge in [-0.05, 0) is 24.6 Å². The number of halogens is 1. The lowest BCUT2D eigenvalue weighted by molar-refractivity contribution is -0.149. The molecule has 0 saturated heterocycles. The third-order valence-electron chi connectivity index (χ3n) is 3.94. The number of rotatable bonds is 5. The van der Waals surface area contributed by atoms with Gasteiger partial charge >= 0.3 is 5.97 Å². The first kappa shape index (κ1) is 16.5. The molecule has 2 N–H and O–H groups in total. The number of benzene rings is 1. The Balaban J connectivity index is 2.47. The van der Waals surface area contributed by atoms with Gasteiger partial charge in [-0.2, -0.15) is 0 Å². The highest BCUT2D eigenvalue weighted by Crippen LogP contribution is 2.62. The van der Waals surface area contributed by atoms with Gasteiger partial charge in [0.05, 0.1) is 11.9 Å². The normalized spacial score (nSPS) is 28.2. The highest BCUT2D eigenvalue weighted by Gasteiger charge is 2.74. The van der Waals surface area contributed by atoms with Crippen molar-refractivity contribution in [1.29, 1.82) is 0 Å². The summed E-state index contributed by atoms with van der Waals surface area (Å²) in [5.74, 6) is -0.986. The topological polar surface area (TPSA) is 86.5 Å². The van der Waals surface area contributed by atoms with Crippen LogP contribution in [0.25, 0.3) is 0 Å². The molecular weight excluding hydrogens is 358 g/mol. The van der Waals surface area contributed by atoms with E-state index in [1.54, 1.807) is 6.92 Å². The highest BCUT2D eigenvalue weighted by atomic mass is 79.9. The van der Waals surface area contributed by atoms with Crippen molar-refractivity contribution in [2.45, 2.75) is 18.1 Å². The summed E-state index contributed by atoms with van der Waals surface area (Å²) in [6.07, 6.45) is 1.14. The Morgan fingerprint density at radius 1 is 1.38 bits per heavy atom. The van der Waals surface area contributed by atoms with Gasteiger partial charge in [-0.15, -0.1) is 0 Å². The van der Waals surface area contributed by atoms with Crippen molar-refractivity contribution in [1.82, 2.24) is 0 Å². The van der Waals surface area contributed by atoms with Gasteiger partial charge < -0.3 is 10.5 Å². The molecule has 1 aromatic carbocycles. The number of hydrogen-bond acceptors (Lipinski definition) is 5. The van der Waals surface area contributed by atoms with Crippen LogP contribution in [0.1, 0.15) is 18.4 Å². The Morgan fingerprint density at radius 2 is 1.95 bits per heavy atom. The maximum absolute atomic E-state index is 12.3. The molecule has 7 heteroatoms. The van der Waals surface area contributed by atoms with Crippen LogP contribution >= 0.6 is 15.9 Å². The number of ether oxygens (including phenoxy) is 1. The molecule has 0 radical (unpaired) electrons. The number of carbonyl (C=O) groups is 1. The third-order valence-corrected chi connectivity index (χ3v) is 6.08. The zero-order valence-corrected chi connectivity index (χ0v) is 14.3. The molecule has 0 aromatic heterocycles. The summed E-state index contributed by atoms with van der Waals surface area (Å²) in [6.45, 7) is 1.84. The molecule has 1 saturated carbocycles. The van der Waals surface area contributed by atoms with Crippen LogP contribution in [0.4, 0.5) is 0 Å². The molecule has 1 aromatic rings. The van der Waals surface area contributed by atoms with E-state index in [4.69, 9.17) is 10.5 Å². The van der Waals surface area contributed by atoms with Gasteiger partial charge in [0.2, 0.25) is 0 Å². The minimum Gasteiger partial charge on any atom is -0.465 e. The van der Waals surface area contributed by atoms with Crippen LogP contribution in [0.3, 0.4) is 0 Å². The summed E-state index contributed by atoms with van der Waals surface area (Å²) < 4.78 is 30.1. The molecule has 0 unspecified atom stereocenters. The SMILES string of the molecule is CCOC(=O)[C@]1(CN)[C@H](c2ccc(Br)cc2)[C@@H]1S(C)(=O)=O. The Kier molecular flexibility index (Phi) is 4.46. The molecule has 2 rings (SSSR count). The highest BCUT2D eigenvalue weighted by molar-refractivity contribution is 9.10. The van der Waals surface area contributed by atoms with Crippen LogP contribution in [-0.4, -0.2) is 39.0 Å². The van der Waals surface area contributed by atoms with Gasteiger partial charge in [-0.25, -0.2) is 8.42 Å². The summed E-state index contributed by atoms with van der Waals surface area (Å²) in [5, 5.41) is -0.824. The summed E-state index contributed by atoms with van der Waals surface area (Å²) in [5.41, 5.74) is 5.39. The summed E-state index contributed by atoms with van der Waals surface area (Å²) in [4.78, 5) is 12.3. The molecule has 1 aliphatic carbocycles. The zero-order valence-electron chi connectivity index (χ0n) is 11.9. The molecule has 0 amide bonds. The van der Waals surface area contributed by atoms with E-state index < -0.39 is 32.4 Å². The zero-order chi connectivity index (χ0) is 15.8. The minimum absolute atomic E-state index is 0.0513. The first-order chi connectivity index (χ1) is 9.79. The van der Waals surface area contributed by atoms with Crippen molar-refractivity contribution >= 4 is 31.7 Å². The summed E-state index contributed by atoms with van der Waals surface area (Å²) >= 11 is 3.33. The molecule has 116 valence electrons. The van der Waals surface area contributed by atoms with Crippen LogP contribution in [0.5, 0.6) is 0 Å². The molecule has 3 atom stereocenters. The van der Waals surface area contributed by atoms with Crippen LogP contribution in [0, 0.1) is 5.41 Å². The van der Waals surface area contributed by atoms with Gasteiger partial charge in [0.1, 0.15) is 5.41 Å². The summed E-state index contributed by atoms with van der Waals surface area (Å²) in [6, 6.07) is 7.26. The van der Waals surface area contributed by atoms with Crippen molar-refractivity contribution < 1.29 is 17.9 Å². The van der Waals surface area contributed by atoms with Crippen LogP contribution in [0.15, 0.2) is 28.7 Å². The molecule has 1 aliphatic rings. The van der Waals surface area contributed by atoms with Crippen molar-refractivity contribution in [3.8, 4) is 0 Å². The van der Waals surface area contributed by atoms with Crippen molar-refractivity contribution in [2.75, 3.05) is 19.4 Å². The Hall–Kier alpha value is -0.920. The second-order valence-corrected chi connectivity index (χ2v) is 8.33. The van der Waals surface area contributed by atoms with E-state index in [-0.39, 0.29) is 13.2 Å². The van der Waals surface area contributed by atoms with E-state index in [0.29, 0.717) is 0 Å². The average molecular weight is 376 g/mol. The lowest BCUT2D eigenvalue weighted by Gasteiger charge is -2.14. The second kappa shape index (κ2) is 5.70. The van der Waals surface area contributed by atoms with Crippen LogP contribution in [-0.2, 0) is 19.4 Å². The predicted molar refractivity (Wildman–Crippen MR) is 83.6 cm³/mol. The molecule has 21 heavy (non-hydrogen) atoms. The molecule has 5 nitrogen and oxygen atoms in total. The number of hydrogen-bond donors (Lipinski definition) is 1. The number of sulfone groups is 1.